The van der Waals surface area contributed by atoms with Crippen LogP contribution in [0.25, 0.3) is 0 Å². The fourth-order valence-electron chi connectivity index (χ4n) is 2.24. The summed E-state index contributed by atoms with van der Waals surface area (Å²) < 4.78 is 3.96. The smallest absolute Gasteiger partial charge is 0.217 e. The third-order valence-electron chi connectivity index (χ3n) is 3.15. The van der Waals surface area contributed by atoms with Crippen LogP contribution in [0.15, 0.2) is 0 Å². The van der Waals surface area contributed by atoms with Crippen LogP contribution in [0.3, 0.4) is 0 Å². The highest BCUT2D eigenvalue weighted by Gasteiger charge is 2.21. The summed E-state index contributed by atoms with van der Waals surface area (Å²) in [5, 5.41) is 11.3. The molecule has 100 valence electrons. The number of carbonyl (C=O) groups is 1. The van der Waals surface area contributed by atoms with Crippen molar-refractivity contribution in [1.82, 2.24) is 19.8 Å². The maximum absolute atomic E-state index is 11.0. The Morgan fingerprint density at radius 3 is 2.83 bits per heavy atom. The first kappa shape index (κ1) is 13.2. The summed E-state index contributed by atoms with van der Waals surface area (Å²) in [5.74, 6) is 0.0645. The first-order chi connectivity index (χ1) is 8.69. The molecule has 1 aliphatic rings. The summed E-state index contributed by atoms with van der Waals surface area (Å²) in [5.41, 5.74) is 1.01. The average molecular weight is 269 g/mol. The quantitative estimate of drug-likeness (QED) is 0.841. The van der Waals surface area contributed by atoms with E-state index < -0.39 is 0 Å². The number of rotatable bonds is 4. The Hall–Kier alpha value is -1.21. The van der Waals surface area contributed by atoms with Gasteiger partial charge in [0.15, 0.2) is 0 Å². The molecular formula is C11H19N5OS. The van der Waals surface area contributed by atoms with Gasteiger partial charge in [0.05, 0.1) is 0 Å². The maximum Gasteiger partial charge on any atom is 0.217 e. The second-order valence-corrected chi connectivity index (χ2v) is 5.30. The molecule has 1 fully saturated rings. The van der Waals surface area contributed by atoms with Gasteiger partial charge >= 0.3 is 0 Å². The molecule has 2 heterocycles. The number of piperidine rings is 1. The molecule has 1 aromatic rings. The largest absolute Gasteiger partial charge is 0.377 e. The van der Waals surface area contributed by atoms with Crippen molar-refractivity contribution >= 4 is 22.4 Å². The SMILES string of the molecule is CNc1snnc1CN1CCC(NC(C)=O)CC1. The standard InChI is InChI=1S/C11H19N5OS/c1-8(17)13-9-3-5-16(6-4-9)7-10-11(12-2)18-15-14-10/h9,12H,3-7H2,1-2H3,(H,13,17). The van der Waals surface area contributed by atoms with Crippen molar-refractivity contribution < 1.29 is 4.79 Å². The van der Waals surface area contributed by atoms with Crippen molar-refractivity contribution in [1.29, 1.82) is 0 Å². The van der Waals surface area contributed by atoms with Gasteiger partial charge in [0, 0.05) is 51.2 Å². The van der Waals surface area contributed by atoms with E-state index in [1.165, 1.54) is 11.5 Å². The third kappa shape index (κ3) is 3.39. The van der Waals surface area contributed by atoms with Crippen molar-refractivity contribution in [3.63, 3.8) is 0 Å². The van der Waals surface area contributed by atoms with E-state index in [4.69, 9.17) is 0 Å². The molecule has 0 bridgehead atoms. The fraction of sp³-hybridized carbons (Fsp3) is 0.727. The monoisotopic (exact) mass is 269 g/mol. The summed E-state index contributed by atoms with van der Waals surface area (Å²) in [6.45, 7) is 4.39. The van der Waals surface area contributed by atoms with Gasteiger partial charge in [-0.25, -0.2) is 0 Å². The molecule has 7 heteroatoms. The lowest BCUT2D eigenvalue weighted by Crippen LogP contribution is -2.43. The Kier molecular flexibility index (Phi) is 4.48. The van der Waals surface area contributed by atoms with Crippen molar-refractivity contribution in [2.75, 3.05) is 25.5 Å². The van der Waals surface area contributed by atoms with Gasteiger partial charge in [0.25, 0.3) is 0 Å². The summed E-state index contributed by atoms with van der Waals surface area (Å²) in [6.07, 6.45) is 2.01. The molecular weight excluding hydrogens is 250 g/mol. The Bertz CT molecular complexity index is 400. The van der Waals surface area contributed by atoms with Crippen molar-refractivity contribution in [3.8, 4) is 0 Å². The maximum atomic E-state index is 11.0. The van der Waals surface area contributed by atoms with E-state index in [9.17, 15) is 4.79 Å². The molecule has 0 spiro atoms. The zero-order chi connectivity index (χ0) is 13.0. The number of hydrogen-bond acceptors (Lipinski definition) is 6. The van der Waals surface area contributed by atoms with Gasteiger partial charge < -0.3 is 10.6 Å². The predicted molar refractivity (Wildman–Crippen MR) is 71.6 cm³/mol. The zero-order valence-corrected chi connectivity index (χ0v) is 11.6. The number of likely N-dealkylation sites (tertiary alicyclic amines) is 1. The number of aromatic nitrogens is 2. The van der Waals surface area contributed by atoms with Crippen LogP contribution >= 0.6 is 11.5 Å². The van der Waals surface area contributed by atoms with Crippen LogP contribution in [0, 0.1) is 0 Å². The molecule has 6 nitrogen and oxygen atoms in total. The van der Waals surface area contributed by atoms with Gasteiger partial charge in [-0.05, 0) is 12.8 Å². The van der Waals surface area contributed by atoms with Gasteiger partial charge in [0.2, 0.25) is 5.91 Å². The summed E-state index contributed by atoms with van der Waals surface area (Å²) in [6, 6.07) is 0.330. The highest BCUT2D eigenvalue weighted by molar-refractivity contribution is 7.10. The van der Waals surface area contributed by atoms with Gasteiger partial charge in [-0.15, -0.1) is 5.10 Å². The summed E-state index contributed by atoms with van der Waals surface area (Å²) in [7, 11) is 1.89. The van der Waals surface area contributed by atoms with E-state index >= 15 is 0 Å². The highest BCUT2D eigenvalue weighted by atomic mass is 32.1. The lowest BCUT2D eigenvalue weighted by atomic mass is 10.0. The lowest BCUT2D eigenvalue weighted by Gasteiger charge is -2.31. The van der Waals surface area contributed by atoms with E-state index in [2.05, 4.69) is 25.1 Å². The molecule has 1 saturated heterocycles. The van der Waals surface area contributed by atoms with Crippen LogP contribution in [0.4, 0.5) is 5.00 Å². The van der Waals surface area contributed by atoms with Gasteiger partial charge in [-0.2, -0.15) is 0 Å². The molecule has 2 rings (SSSR count). The van der Waals surface area contributed by atoms with Gasteiger partial charge in [-0.1, -0.05) is 4.49 Å². The third-order valence-corrected chi connectivity index (χ3v) is 3.94. The Morgan fingerprint density at radius 1 is 1.50 bits per heavy atom. The van der Waals surface area contributed by atoms with Crippen LogP contribution in [-0.2, 0) is 11.3 Å². The van der Waals surface area contributed by atoms with Crippen LogP contribution < -0.4 is 10.6 Å². The minimum absolute atomic E-state index is 0.0645. The highest BCUT2D eigenvalue weighted by Crippen LogP contribution is 2.20. The first-order valence-corrected chi connectivity index (χ1v) is 6.95. The number of nitrogens with zero attached hydrogens (tertiary/aromatic N) is 3. The van der Waals surface area contributed by atoms with E-state index in [-0.39, 0.29) is 5.91 Å². The minimum atomic E-state index is 0.0645. The second-order valence-electron chi connectivity index (χ2n) is 4.55. The molecule has 0 aromatic carbocycles. The molecule has 1 amide bonds. The Labute approximate surface area is 111 Å². The number of amides is 1. The molecule has 0 aliphatic carbocycles. The molecule has 0 unspecified atom stereocenters. The number of hydrogen-bond donors (Lipinski definition) is 2. The Morgan fingerprint density at radius 2 is 2.22 bits per heavy atom. The van der Waals surface area contributed by atoms with E-state index in [0.29, 0.717) is 6.04 Å². The molecule has 0 radical (unpaired) electrons. The minimum Gasteiger partial charge on any atom is -0.377 e. The second kappa shape index (κ2) is 6.10. The van der Waals surface area contributed by atoms with Crippen LogP contribution in [0.2, 0.25) is 0 Å². The topological polar surface area (TPSA) is 70.2 Å². The van der Waals surface area contributed by atoms with Gasteiger partial charge in [0.1, 0.15) is 10.7 Å². The number of carbonyl (C=O) groups excluding carboxylic acids is 1. The Balaban J connectivity index is 1.81. The first-order valence-electron chi connectivity index (χ1n) is 6.17. The zero-order valence-electron chi connectivity index (χ0n) is 10.8. The normalized spacial score (nSPS) is 17.7. The predicted octanol–water partition coefficient (Wildman–Crippen LogP) is 0.680. The number of anilines is 1. The van der Waals surface area contributed by atoms with Crippen LogP contribution in [0.5, 0.6) is 0 Å². The van der Waals surface area contributed by atoms with E-state index in [0.717, 1.165) is 43.2 Å². The lowest BCUT2D eigenvalue weighted by molar-refractivity contribution is -0.119. The molecule has 1 aromatic heterocycles. The molecule has 0 atom stereocenters. The van der Waals surface area contributed by atoms with Gasteiger partial charge in [-0.3, -0.25) is 9.69 Å². The fourth-order valence-corrected chi connectivity index (χ4v) is 2.76. The number of nitrogens with one attached hydrogen (secondary N) is 2. The van der Waals surface area contributed by atoms with Crippen molar-refractivity contribution in [2.24, 2.45) is 0 Å². The van der Waals surface area contributed by atoms with Crippen LogP contribution in [0.1, 0.15) is 25.5 Å². The van der Waals surface area contributed by atoms with Crippen molar-refractivity contribution in [3.05, 3.63) is 5.69 Å². The molecule has 2 N–H and O–H groups in total. The molecule has 18 heavy (non-hydrogen) atoms. The van der Waals surface area contributed by atoms with Crippen molar-refractivity contribution in [2.45, 2.75) is 32.4 Å². The van der Waals surface area contributed by atoms with Crippen LogP contribution in [-0.4, -0.2) is 46.6 Å². The molecule has 0 saturated carbocycles. The summed E-state index contributed by atoms with van der Waals surface area (Å²) in [4.78, 5) is 13.3. The molecule has 1 aliphatic heterocycles. The summed E-state index contributed by atoms with van der Waals surface area (Å²) >= 11 is 1.39. The van der Waals surface area contributed by atoms with E-state index in [1.54, 1.807) is 6.92 Å². The van der Waals surface area contributed by atoms with E-state index in [1.807, 2.05) is 7.05 Å². The average Bonchev–Trinajstić information content (AvgIpc) is 2.78.